The van der Waals surface area contributed by atoms with Crippen LogP contribution in [-0.4, -0.2) is 38.5 Å². The molecule has 1 N–H and O–H groups in total. The number of carbonyl (C=O) groups is 1. The van der Waals surface area contributed by atoms with Gasteiger partial charge in [0, 0.05) is 43.0 Å². The summed E-state index contributed by atoms with van der Waals surface area (Å²) in [6.07, 6.45) is 1.10. The van der Waals surface area contributed by atoms with Crippen LogP contribution in [0.2, 0.25) is 0 Å². The van der Waals surface area contributed by atoms with Gasteiger partial charge in [-0.25, -0.2) is 0 Å². The molecule has 2 aromatic rings. The Kier molecular flexibility index (Phi) is 5.31. The van der Waals surface area contributed by atoms with Crippen LogP contribution in [-0.2, 0) is 11.3 Å². The molecular weight excluding hydrogens is 378 g/mol. The van der Waals surface area contributed by atoms with Crippen LogP contribution in [0.1, 0.15) is 18.0 Å². The van der Waals surface area contributed by atoms with Gasteiger partial charge >= 0.3 is 0 Å². The number of thiocarbonyl (C=S) groups is 1. The number of hydrogen-bond donors (Lipinski definition) is 1. The van der Waals surface area contributed by atoms with E-state index in [2.05, 4.69) is 16.3 Å². The van der Waals surface area contributed by atoms with Crippen LogP contribution in [0.4, 0.5) is 5.69 Å². The quantitative estimate of drug-likeness (QED) is 0.805. The third kappa shape index (κ3) is 4.09. The van der Waals surface area contributed by atoms with E-state index in [-0.39, 0.29) is 11.5 Å². The molecule has 1 aromatic heterocycles. The Morgan fingerprint density at radius 1 is 1.11 bits per heavy atom. The maximum Gasteiger partial charge on any atom is 0.250 e. The standard InChI is InChI=1S/C20H21N3O2S2/c24-18(21-16-5-2-1-3-6-16)13-27-20(26)22-10-14-9-15(12-22)17-7-4-8-19(25)23(17)11-14/h1-8,14-15H,9-13H2,(H,21,24)/t14-,15-/m1/s1. The van der Waals surface area contributed by atoms with E-state index in [1.165, 1.54) is 11.8 Å². The number of benzene rings is 1. The molecule has 1 fully saturated rings. The molecule has 140 valence electrons. The molecular formula is C20H21N3O2S2. The Labute approximate surface area is 167 Å². The molecule has 2 aliphatic rings. The van der Waals surface area contributed by atoms with Crippen molar-refractivity contribution in [2.45, 2.75) is 18.9 Å². The fourth-order valence-electron chi connectivity index (χ4n) is 3.98. The normalized spacial score (nSPS) is 20.7. The zero-order chi connectivity index (χ0) is 18.8. The summed E-state index contributed by atoms with van der Waals surface area (Å²) in [6, 6.07) is 15.0. The van der Waals surface area contributed by atoms with Gasteiger partial charge in [-0.2, -0.15) is 0 Å². The summed E-state index contributed by atoms with van der Waals surface area (Å²) in [6.45, 7) is 2.42. The van der Waals surface area contributed by atoms with E-state index in [9.17, 15) is 9.59 Å². The van der Waals surface area contributed by atoms with Crippen molar-refractivity contribution in [3.8, 4) is 0 Å². The second-order valence-electron chi connectivity index (χ2n) is 7.07. The van der Waals surface area contributed by atoms with Crippen molar-refractivity contribution in [2.24, 2.45) is 5.92 Å². The molecule has 1 amide bonds. The Morgan fingerprint density at radius 2 is 1.93 bits per heavy atom. The second kappa shape index (κ2) is 7.86. The van der Waals surface area contributed by atoms with Crippen LogP contribution in [0.15, 0.2) is 53.3 Å². The van der Waals surface area contributed by atoms with Crippen molar-refractivity contribution in [2.75, 3.05) is 24.2 Å². The van der Waals surface area contributed by atoms with Gasteiger partial charge in [0.1, 0.15) is 4.32 Å². The molecule has 4 rings (SSSR count). The third-order valence-electron chi connectivity index (χ3n) is 5.12. The van der Waals surface area contributed by atoms with Crippen LogP contribution >= 0.6 is 24.0 Å². The molecule has 1 aromatic carbocycles. The SMILES string of the molecule is O=C(CSC(=S)N1C[C@H]2C[C@H](C1)c1cccc(=O)n1C2)Nc1ccccc1. The second-order valence-corrected chi connectivity index (χ2v) is 8.68. The first-order valence-electron chi connectivity index (χ1n) is 9.06. The first-order chi connectivity index (χ1) is 13.1. The average molecular weight is 400 g/mol. The predicted molar refractivity (Wildman–Crippen MR) is 113 cm³/mol. The number of piperidine rings is 1. The maximum absolute atomic E-state index is 12.1. The van der Waals surface area contributed by atoms with Crippen molar-refractivity contribution >= 4 is 39.9 Å². The van der Waals surface area contributed by atoms with E-state index in [0.717, 1.165) is 41.8 Å². The number of carbonyl (C=O) groups excluding carboxylic acids is 1. The number of anilines is 1. The summed E-state index contributed by atoms with van der Waals surface area (Å²) in [5, 5.41) is 2.88. The zero-order valence-corrected chi connectivity index (χ0v) is 16.5. The third-order valence-corrected chi connectivity index (χ3v) is 6.65. The fraction of sp³-hybridized carbons (Fsp3) is 0.350. The summed E-state index contributed by atoms with van der Waals surface area (Å²) in [5.41, 5.74) is 1.99. The number of likely N-dealkylation sites (tertiary alicyclic amines) is 1. The van der Waals surface area contributed by atoms with E-state index in [1.54, 1.807) is 6.07 Å². The highest BCUT2D eigenvalue weighted by molar-refractivity contribution is 8.23. The van der Waals surface area contributed by atoms with Gasteiger partial charge in [-0.3, -0.25) is 9.59 Å². The maximum atomic E-state index is 12.1. The van der Waals surface area contributed by atoms with E-state index < -0.39 is 0 Å². The molecule has 5 nitrogen and oxygen atoms in total. The number of nitrogens with one attached hydrogen (secondary N) is 1. The number of para-hydroxylation sites is 1. The number of pyridine rings is 1. The van der Waals surface area contributed by atoms with E-state index in [4.69, 9.17) is 12.2 Å². The van der Waals surface area contributed by atoms with Crippen molar-refractivity contribution in [3.63, 3.8) is 0 Å². The topological polar surface area (TPSA) is 54.3 Å². The Morgan fingerprint density at radius 3 is 2.74 bits per heavy atom. The Hall–Kier alpha value is -2.12. The lowest BCUT2D eigenvalue weighted by atomic mass is 9.83. The summed E-state index contributed by atoms with van der Waals surface area (Å²) in [4.78, 5) is 26.5. The molecule has 1 saturated heterocycles. The van der Waals surface area contributed by atoms with Crippen LogP contribution in [0.5, 0.6) is 0 Å². The lowest BCUT2D eigenvalue weighted by Gasteiger charge is -2.43. The Bertz CT molecular complexity index is 913. The molecule has 2 aliphatic heterocycles. The summed E-state index contributed by atoms with van der Waals surface area (Å²) in [7, 11) is 0. The van der Waals surface area contributed by atoms with E-state index >= 15 is 0 Å². The van der Waals surface area contributed by atoms with Gasteiger partial charge in [-0.1, -0.05) is 48.2 Å². The average Bonchev–Trinajstić information content (AvgIpc) is 2.67. The molecule has 27 heavy (non-hydrogen) atoms. The number of amides is 1. The molecule has 7 heteroatoms. The number of rotatable bonds is 3. The molecule has 0 unspecified atom stereocenters. The zero-order valence-electron chi connectivity index (χ0n) is 14.8. The lowest BCUT2D eigenvalue weighted by Crippen LogP contribution is -2.48. The van der Waals surface area contributed by atoms with Crippen molar-refractivity contribution in [1.29, 1.82) is 0 Å². The lowest BCUT2D eigenvalue weighted by molar-refractivity contribution is -0.113. The first-order valence-corrected chi connectivity index (χ1v) is 10.5. The van der Waals surface area contributed by atoms with Crippen molar-refractivity contribution in [3.05, 3.63) is 64.6 Å². The molecule has 3 heterocycles. The minimum atomic E-state index is -0.0531. The summed E-state index contributed by atoms with van der Waals surface area (Å²) < 4.78 is 2.68. The van der Waals surface area contributed by atoms with Gasteiger partial charge in [0.05, 0.1) is 5.75 Å². The Balaban J connectivity index is 1.35. The van der Waals surface area contributed by atoms with Crippen LogP contribution < -0.4 is 10.9 Å². The highest BCUT2D eigenvalue weighted by Crippen LogP contribution is 2.35. The van der Waals surface area contributed by atoms with Gasteiger partial charge in [0.2, 0.25) is 5.91 Å². The molecule has 0 radical (unpaired) electrons. The van der Waals surface area contributed by atoms with Crippen LogP contribution in [0.25, 0.3) is 0 Å². The van der Waals surface area contributed by atoms with Crippen molar-refractivity contribution in [1.82, 2.24) is 9.47 Å². The highest BCUT2D eigenvalue weighted by atomic mass is 32.2. The molecule has 0 saturated carbocycles. The van der Waals surface area contributed by atoms with Gasteiger partial charge in [-0.15, -0.1) is 0 Å². The predicted octanol–water partition coefficient (Wildman–Crippen LogP) is 2.92. The van der Waals surface area contributed by atoms with Gasteiger partial charge < -0.3 is 14.8 Å². The minimum absolute atomic E-state index is 0.0531. The smallest absolute Gasteiger partial charge is 0.250 e. The number of fused-ring (bicyclic) bond motifs is 4. The first kappa shape index (κ1) is 18.3. The minimum Gasteiger partial charge on any atom is -0.356 e. The molecule has 0 aliphatic carbocycles. The summed E-state index contributed by atoms with van der Waals surface area (Å²) in [5.74, 6) is 0.995. The highest BCUT2D eigenvalue weighted by Gasteiger charge is 2.35. The van der Waals surface area contributed by atoms with Crippen molar-refractivity contribution < 1.29 is 4.79 Å². The molecule has 0 spiro atoms. The van der Waals surface area contributed by atoms with Crippen LogP contribution in [0, 0.1) is 5.92 Å². The monoisotopic (exact) mass is 399 g/mol. The van der Waals surface area contributed by atoms with E-state index in [1.807, 2.05) is 41.0 Å². The van der Waals surface area contributed by atoms with Gasteiger partial charge in [0.15, 0.2) is 0 Å². The number of aromatic nitrogens is 1. The number of thioether (sulfide) groups is 1. The van der Waals surface area contributed by atoms with Gasteiger partial charge in [0.25, 0.3) is 5.56 Å². The van der Waals surface area contributed by atoms with Crippen LogP contribution in [0.3, 0.4) is 0 Å². The van der Waals surface area contributed by atoms with E-state index in [0.29, 0.717) is 17.6 Å². The fourth-order valence-corrected chi connectivity index (χ4v) is 4.97. The van der Waals surface area contributed by atoms with Gasteiger partial charge in [-0.05, 0) is 30.5 Å². The summed E-state index contributed by atoms with van der Waals surface area (Å²) >= 11 is 7.01. The number of hydrogen-bond acceptors (Lipinski definition) is 4. The molecule has 2 atom stereocenters. The molecule has 2 bridgehead atoms. The largest absolute Gasteiger partial charge is 0.356 e. The number of nitrogens with zero attached hydrogens (tertiary/aromatic N) is 2.